The average Bonchev–Trinajstić information content (AvgIpc) is 2.53. The molecular weight excluding hydrogens is 334 g/mol. The molecule has 3 heterocycles. The van der Waals surface area contributed by atoms with Crippen LogP contribution in [0.5, 0.6) is 0 Å². The van der Waals surface area contributed by atoms with Gasteiger partial charge in [0.15, 0.2) is 0 Å². The number of hydrogen-bond donors (Lipinski definition) is 0. The average molecular weight is 350 g/mol. The summed E-state index contributed by atoms with van der Waals surface area (Å²) in [4.78, 5) is 22.7. The van der Waals surface area contributed by atoms with E-state index in [9.17, 15) is 4.79 Å². The molecule has 6 heteroatoms. The zero-order chi connectivity index (χ0) is 14.8. The molecule has 0 N–H and O–H groups in total. The number of fused-ring (bicyclic) bond motifs is 1. The molecule has 21 heavy (non-hydrogen) atoms. The Morgan fingerprint density at radius 1 is 1.38 bits per heavy atom. The Morgan fingerprint density at radius 3 is 2.86 bits per heavy atom. The van der Waals surface area contributed by atoms with Crippen LogP contribution in [0.4, 0.5) is 5.69 Å². The number of ether oxygens (including phenoxy) is 1. The van der Waals surface area contributed by atoms with E-state index in [1.807, 2.05) is 12.1 Å². The third-order valence-corrected chi connectivity index (χ3v) is 4.33. The smallest absolute Gasteiger partial charge is 0.308 e. The number of anilines is 1. The number of methoxy groups -OCH3 is 1. The lowest BCUT2D eigenvalue weighted by Crippen LogP contribution is -2.36. The summed E-state index contributed by atoms with van der Waals surface area (Å²) in [6.07, 6.45) is 5.22. The lowest BCUT2D eigenvalue weighted by molar-refractivity contribution is -0.146. The Hall–Kier alpha value is -1.69. The Labute approximate surface area is 131 Å². The van der Waals surface area contributed by atoms with Gasteiger partial charge in [0.05, 0.1) is 24.2 Å². The number of rotatable bonds is 2. The second-order valence-corrected chi connectivity index (χ2v) is 6.05. The van der Waals surface area contributed by atoms with E-state index in [4.69, 9.17) is 4.74 Å². The molecule has 0 atom stereocenters. The first-order valence-electron chi connectivity index (χ1n) is 6.92. The molecule has 0 spiro atoms. The molecule has 2 aromatic rings. The van der Waals surface area contributed by atoms with Crippen molar-refractivity contribution < 1.29 is 9.53 Å². The Balaban J connectivity index is 1.84. The van der Waals surface area contributed by atoms with Gasteiger partial charge in [0.25, 0.3) is 0 Å². The standard InChI is InChI=1S/C15H16BrN3O2/c1-21-15(20)10-3-6-19(7-4-10)13-2-5-17-12-8-11(16)9-18-14(12)13/h2,5,8-10H,3-4,6-7H2,1H3. The molecule has 3 rings (SSSR count). The lowest BCUT2D eigenvalue weighted by Gasteiger charge is -2.32. The van der Waals surface area contributed by atoms with Crippen molar-refractivity contribution >= 4 is 38.6 Å². The molecule has 0 amide bonds. The number of carbonyl (C=O) groups is 1. The van der Waals surface area contributed by atoms with E-state index < -0.39 is 0 Å². The Kier molecular flexibility index (Phi) is 4.05. The fraction of sp³-hybridized carbons (Fsp3) is 0.400. The molecule has 110 valence electrons. The Bertz CT molecular complexity index is 669. The van der Waals surface area contributed by atoms with Gasteiger partial charge >= 0.3 is 5.97 Å². The minimum Gasteiger partial charge on any atom is -0.469 e. The fourth-order valence-corrected chi connectivity index (χ4v) is 3.09. The molecule has 1 aliphatic heterocycles. The monoisotopic (exact) mass is 349 g/mol. The first-order valence-corrected chi connectivity index (χ1v) is 7.71. The van der Waals surface area contributed by atoms with E-state index in [1.165, 1.54) is 7.11 Å². The second kappa shape index (κ2) is 5.97. The van der Waals surface area contributed by atoms with Crippen molar-refractivity contribution in [1.29, 1.82) is 0 Å². The van der Waals surface area contributed by atoms with Crippen LogP contribution in [0, 0.1) is 5.92 Å². The largest absolute Gasteiger partial charge is 0.469 e. The van der Waals surface area contributed by atoms with E-state index >= 15 is 0 Å². The molecule has 0 saturated carbocycles. The third-order valence-electron chi connectivity index (χ3n) is 3.89. The van der Waals surface area contributed by atoms with Crippen LogP contribution in [0.15, 0.2) is 29.0 Å². The first kappa shape index (κ1) is 14.3. The molecular formula is C15H16BrN3O2. The molecule has 0 aliphatic carbocycles. The van der Waals surface area contributed by atoms with Gasteiger partial charge in [-0.25, -0.2) is 0 Å². The van der Waals surface area contributed by atoms with E-state index in [-0.39, 0.29) is 11.9 Å². The number of hydrogen-bond acceptors (Lipinski definition) is 5. The highest BCUT2D eigenvalue weighted by atomic mass is 79.9. The van der Waals surface area contributed by atoms with Crippen molar-refractivity contribution in [1.82, 2.24) is 9.97 Å². The maximum absolute atomic E-state index is 11.6. The summed E-state index contributed by atoms with van der Waals surface area (Å²) in [5.74, 6) is -0.0854. The molecule has 0 bridgehead atoms. The summed E-state index contributed by atoms with van der Waals surface area (Å²) in [6, 6.07) is 3.95. The predicted molar refractivity (Wildman–Crippen MR) is 84.2 cm³/mol. The van der Waals surface area contributed by atoms with E-state index in [1.54, 1.807) is 12.4 Å². The van der Waals surface area contributed by atoms with Gasteiger partial charge in [-0.05, 0) is 40.9 Å². The SMILES string of the molecule is COC(=O)C1CCN(c2ccnc3cc(Br)cnc23)CC1. The molecule has 0 unspecified atom stereocenters. The van der Waals surface area contributed by atoms with Gasteiger partial charge in [-0.1, -0.05) is 0 Å². The highest BCUT2D eigenvalue weighted by Crippen LogP contribution is 2.29. The normalized spacial score (nSPS) is 16.2. The predicted octanol–water partition coefficient (Wildman–Crippen LogP) is 2.78. The number of pyridine rings is 2. The minimum atomic E-state index is -0.101. The topological polar surface area (TPSA) is 55.3 Å². The molecule has 0 aromatic carbocycles. The quantitative estimate of drug-likeness (QED) is 0.780. The number of aromatic nitrogens is 2. The van der Waals surface area contributed by atoms with Gasteiger partial charge in [0.1, 0.15) is 5.52 Å². The first-order chi connectivity index (χ1) is 10.2. The van der Waals surface area contributed by atoms with Gasteiger partial charge in [0, 0.05) is 30.0 Å². The van der Waals surface area contributed by atoms with Gasteiger partial charge in [-0.15, -0.1) is 0 Å². The van der Waals surface area contributed by atoms with Gasteiger partial charge < -0.3 is 9.64 Å². The zero-order valence-corrected chi connectivity index (χ0v) is 13.3. The molecule has 0 radical (unpaired) electrons. The van der Waals surface area contributed by atoms with Crippen LogP contribution in [-0.4, -0.2) is 36.1 Å². The highest BCUT2D eigenvalue weighted by molar-refractivity contribution is 9.10. The summed E-state index contributed by atoms with van der Waals surface area (Å²) in [5, 5.41) is 0. The second-order valence-electron chi connectivity index (χ2n) is 5.14. The van der Waals surface area contributed by atoms with Gasteiger partial charge in [-0.2, -0.15) is 0 Å². The van der Waals surface area contributed by atoms with Crippen molar-refractivity contribution in [3.63, 3.8) is 0 Å². The van der Waals surface area contributed by atoms with E-state index in [0.29, 0.717) is 0 Å². The molecule has 2 aromatic heterocycles. The fourth-order valence-electron chi connectivity index (χ4n) is 2.77. The van der Waals surface area contributed by atoms with Crippen molar-refractivity contribution in [2.75, 3.05) is 25.1 Å². The van der Waals surface area contributed by atoms with Crippen LogP contribution in [-0.2, 0) is 9.53 Å². The maximum atomic E-state index is 11.6. The number of esters is 1. The number of piperidine rings is 1. The molecule has 1 aliphatic rings. The van der Waals surface area contributed by atoms with Gasteiger partial charge in [-0.3, -0.25) is 14.8 Å². The highest BCUT2D eigenvalue weighted by Gasteiger charge is 2.26. The van der Waals surface area contributed by atoms with Crippen molar-refractivity contribution in [2.45, 2.75) is 12.8 Å². The summed E-state index contributed by atoms with van der Waals surface area (Å²) in [6.45, 7) is 1.66. The third kappa shape index (κ3) is 2.85. The zero-order valence-electron chi connectivity index (χ0n) is 11.8. The molecule has 1 saturated heterocycles. The van der Waals surface area contributed by atoms with Crippen LogP contribution in [0.3, 0.4) is 0 Å². The van der Waals surface area contributed by atoms with Crippen LogP contribution >= 0.6 is 15.9 Å². The summed E-state index contributed by atoms with van der Waals surface area (Å²) >= 11 is 3.42. The minimum absolute atomic E-state index is 0.0152. The maximum Gasteiger partial charge on any atom is 0.308 e. The van der Waals surface area contributed by atoms with Crippen molar-refractivity contribution in [3.8, 4) is 0 Å². The van der Waals surface area contributed by atoms with E-state index in [0.717, 1.165) is 47.1 Å². The van der Waals surface area contributed by atoms with Crippen LogP contribution in [0.1, 0.15) is 12.8 Å². The molecule has 5 nitrogen and oxygen atoms in total. The van der Waals surface area contributed by atoms with Crippen molar-refractivity contribution in [2.24, 2.45) is 5.92 Å². The van der Waals surface area contributed by atoms with Crippen molar-refractivity contribution in [3.05, 3.63) is 29.0 Å². The van der Waals surface area contributed by atoms with Gasteiger partial charge in [0.2, 0.25) is 0 Å². The number of nitrogens with zero attached hydrogens (tertiary/aromatic N) is 3. The Morgan fingerprint density at radius 2 is 2.14 bits per heavy atom. The lowest BCUT2D eigenvalue weighted by atomic mass is 9.96. The molecule has 1 fully saturated rings. The summed E-state index contributed by atoms with van der Waals surface area (Å²) in [7, 11) is 1.45. The van der Waals surface area contributed by atoms with Crippen LogP contribution in [0.25, 0.3) is 11.0 Å². The summed E-state index contributed by atoms with van der Waals surface area (Å²) in [5.41, 5.74) is 2.85. The van der Waals surface area contributed by atoms with Crippen LogP contribution in [0.2, 0.25) is 0 Å². The number of halogens is 1. The number of carbonyl (C=O) groups excluding carboxylic acids is 1. The van der Waals surface area contributed by atoms with Crippen LogP contribution < -0.4 is 4.90 Å². The summed E-state index contributed by atoms with van der Waals surface area (Å²) < 4.78 is 5.75. The van der Waals surface area contributed by atoms with E-state index in [2.05, 4.69) is 30.8 Å².